The van der Waals surface area contributed by atoms with Gasteiger partial charge in [0.05, 0.1) is 41.5 Å². The van der Waals surface area contributed by atoms with Gasteiger partial charge in [-0.3, -0.25) is 9.69 Å². The molecule has 64 heavy (non-hydrogen) atoms. The van der Waals surface area contributed by atoms with Crippen LogP contribution in [0.5, 0.6) is 0 Å². The number of methoxy groups -OCH3 is 1. The summed E-state index contributed by atoms with van der Waals surface area (Å²) in [5.41, 5.74) is -3.61. The van der Waals surface area contributed by atoms with E-state index in [4.69, 9.17) is 38.2 Å². The predicted molar refractivity (Wildman–Crippen MR) is 239 cm³/mol. The van der Waals surface area contributed by atoms with Crippen molar-refractivity contribution in [2.24, 2.45) is 29.8 Å². The van der Waals surface area contributed by atoms with Crippen LogP contribution in [-0.4, -0.2) is 189 Å². The minimum Gasteiger partial charge on any atom is -0.471 e. The summed E-state index contributed by atoms with van der Waals surface area (Å²) in [6.07, 6.45) is -7.17. The molecule has 17 nitrogen and oxygen atoms in total. The number of carbonyl (C=O) groups excluding carboxylic acids is 1. The first-order chi connectivity index (χ1) is 29.8. The highest BCUT2D eigenvalue weighted by Crippen LogP contribution is 2.40. The monoisotopic (exact) mass is 911 g/mol. The molecule has 0 saturated carbocycles. The van der Waals surface area contributed by atoms with E-state index in [-0.39, 0.29) is 43.4 Å². The second-order valence-electron chi connectivity index (χ2n) is 20.5. The lowest BCUT2D eigenvalue weighted by atomic mass is 9.77. The second kappa shape index (κ2) is 20.9. The maximum absolute atomic E-state index is 14.4. The van der Waals surface area contributed by atoms with Crippen molar-refractivity contribution < 1.29 is 63.5 Å². The molecule has 0 amide bonds. The molecule has 20 atom stereocenters. The first-order valence-electron chi connectivity index (χ1n) is 23.4. The highest BCUT2D eigenvalue weighted by atomic mass is 16.7. The molecule has 4 aliphatic heterocycles. The summed E-state index contributed by atoms with van der Waals surface area (Å²) in [6, 6.07) is 2.72. The van der Waals surface area contributed by atoms with Gasteiger partial charge in [-0.1, -0.05) is 20.8 Å². The molecule has 1 aromatic heterocycles. The van der Waals surface area contributed by atoms with Gasteiger partial charge < -0.3 is 68.2 Å². The van der Waals surface area contributed by atoms with E-state index in [0.717, 1.165) is 5.69 Å². The Balaban J connectivity index is 1.52. The fourth-order valence-corrected chi connectivity index (χ4v) is 10.6. The maximum atomic E-state index is 14.4. The third kappa shape index (κ3) is 11.4. The van der Waals surface area contributed by atoms with Gasteiger partial charge in [-0.15, -0.1) is 0 Å². The smallest absolute Gasteiger partial charge is 0.311 e. The number of hydrogen-bond acceptors (Lipinski definition) is 16. The van der Waals surface area contributed by atoms with Gasteiger partial charge in [-0.2, -0.15) is 0 Å². The summed E-state index contributed by atoms with van der Waals surface area (Å²) in [5, 5.41) is 59.6. The summed E-state index contributed by atoms with van der Waals surface area (Å²) in [7, 11) is 7.24. The number of likely N-dealkylation sites (N-methyl/N-ethyl adjacent to an activating group) is 2. The zero-order chi connectivity index (χ0) is 47.8. The molecule has 5 N–H and O–H groups in total. The van der Waals surface area contributed by atoms with Crippen LogP contribution < -0.4 is 0 Å². The van der Waals surface area contributed by atoms with Crippen LogP contribution in [0.4, 0.5) is 0 Å². The lowest BCUT2D eigenvalue weighted by molar-refractivity contribution is -0.318. The molecule has 0 radical (unpaired) electrons. The molecule has 368 valence electrons. The minimum atomic E-state index is -1.83. The average molecular weight is 911 g/mol. The third-order valence-corrected chi connectivity index (χ3v) is 14.9. The van der Waals surface area contributed by atoms with Crippen LogP contribution in [0.2, 0.25) is 0 Å². The summed E-state index contributed by atoms with van der Waals surface area (Å²) < 4.78 is 46.4. The van der Waals surface area contributed by atoms with E-state index in [0.29, 0.717) is 25.4 Å². The molecule has 3 saturated heterocycles. The van der Waals surface area contributed by atoms with Crippen molar-refractivity contribution in [3.63, 3.8) is 0 Å². The van der Waals surface area contributed by atoms with Gasteiger partial charge in [-0.25, -0.2) is 4.99 Å². The van der Waals surface area contributed by atoms with Crippen molar-refractivity contribution in [2.45, 2.75) is 204 Å². The number of nitrogens with zero attached hydrogens (tertiary/aromatic N) is 4. The molecule has 0 aromatic carbocycles. The Morgan fingerprint density at radius 2 is 1.61 bits per heavy atom. The molecule has 4 aliphatic rings. The van der Waals surface area contributed by atoms with E-state index in [1.807, 2.05) is 76.6 Å². The molecule has 1 aromatic rings. The molecule has 5 heterocycles. The fourth-order valence-electron chi connectivity index (χ4n) is 10.6. The molecular weight excluding hydrogens is 829 g/mol. The molecule has 17 heteroatoms. The van der Waals surface area contributed by atoms with Gasteiger partial charge in [0, 0.05) is 57.9 Å². The number of aliphatic hydroxyl groups excluding tert-OH is 3. The average Bonchev–Trinajstić information content (AvgIpc) is 3.82. The van der Waals surface area contributed by atoms with Gasteiger partial charge in [0.25, 0.3) is 0 Å². The fraction of sp³-hybridized carbons (Fsp3) is 0.872. The van der Waals surface area contributed by atoms with Crippen LogP contribution in [0, 0.1) is 17.8 Å². The summed E-state index contributed by atoms with van der Waals surface area (Å²) in [4.78, 5) is 23.4. The van der Waals surface area contributed by atoms with Crippen LogP contribution in [0.15, 0.2) is 23.3 Å². The molecule has 5 rings (SSSR count). The van der Waals surface area contributed by atoms with Crippen molar-refractivity contribution in [3.8, 4) is 0 Å². The largest absolute Gasteiger partial charge is 0.471 e. The summed E-state index contributed by atoms with van der Waals surface area (Å²) in [6.45, 7) is 20.5. The standard InChI is InChI=1S/C47H82N4O13/c1-16-35-47(11,57)39(53)29(6)50(13)23-25(2)21-45(9,56)41(27(4)38(28(5)43(55)62-35)63-36-22-46(10,58-15)40(54)31(8)60-36)64-44-37(52)34(20-26(3)59-44)51(14)24-32-30(7)61-42(48-32)33-18-17-19-49(33)12/h17-19,25-32,34-41,44,52-54,56-57H,16,20-24H2,1-15H3/t25-,26-,27+,28-,29-,30?,31+,32?,34+,35-,36+,37-,38+,39-,40+,41-,44+,45-,46-,47-/m1/s1. The molecule has 0 aliphatic carbocycles. The van der Waals surface area contributed by atoms with Gasteiger partial charge in [0.2, 0.25) is 5.90 Å². The van der Waals surface area contributed by atoms with E-state index in [1.165, 1.54) is 14.0 Å². The summed E-state index contributed by atoms with van der Waals surface area (Å²) in [5.74, 6) is -2.16. The van der Waals surface area contributed by atoms with Crippen molar-refractivity contribution in [2.75, 3.05) is 34.3 Å². The molecular formula is C47H82N4O13. The van der Waals surface area contributed by atoms with Gasteiger partial charge in [-0.05, 0) is 107 Å². The van der Waals surface area contributed by atoms with Crippen LogP contribution in [-0.2, 0) is 45.0 Å². The number of aryl methyl sites for hydroxylation is 1. The Morgan fingerprint density at radius 1 is 0.938 bits per heavy atom. The number of hydrogen-bond donors (Lipinski definition) is 5. The van der Waals surface area contributed by atoms with Crippen molar-refractivity contribution in [1.82, 2.24) is 14.4 Å². The Morgan fingerprint density at radius 3 is 2.22 bits per heavy atom. The number of carbonyl (C=O) groups is 1. The Bertz CT molecular complexity index is 1710. The van der Waals surface area contributed by atoms with Crippen molar-refractivity contribution in [3.05, 3.63) is 24.0 Å². The van der Waals surface area contributed by atoms with Crippen LogP contribution in [0.1, 0.15) is 108 Å². The first kappa shape index (κ1) is 52.7. The Labute approximate surface area is 381 Å². The number of aromatic nitrogens is 1. The van der Waals surface area contributed by atoms with Gasteiger partial charge in [0.15, 0.2) is 12.6 Å². The zero-order valence-electron chi connectivity index (χ0n) is 41.1. The van der Waals surface area contributed by atoms with Crippen LogP contribution >= 0.6 is 0 Å². The van der Waals surface area contributed by atoms with Crippen LogP contribution in [0.3, 0.4) is 0 Å². The molecule has 3 fully saturated rings. The maximum Gasteiger partial charge on any atom is 0.311 e. The van der Waals surface area contributed by atoms with E-state index < -0.39 is 102 Å². The van der Waals surface area contributed by atoms with Crippen LogP contribution in [0.25, 0.3) is 0 Å². The molecule has 2 unspecified atom stereocenters. The lowest BCUT2D eigenvalue weighted by Gasteiger charge is -2.49. The topological polar surface area (TPSA) is 207 Å². The summed E-state index contributed by atoms with van der Waals surface area (Å²) >= 11 is 0. The zero-order valence-corrected chi connectivity index (χ0v) is 41.1. The third-order valence-electron chi connectivity index (χ3n) is 14.9. The predicted octanol–water partition coefficient (Wildman–Crippen LogP) is 2.84. The number of aliphatic imine (C=N–C) groups is 1. The minimum absolute atomic E-state index is 0.110. The number of cyclic esters (lactones) is 1. The highest BCUT2D eigenvalue weighted by Gasteiger charge is 2.53. The first-order valence-corrected chi connectivity index (χ1v) is 23.4. The Kier molecular flexibility index (Phi) is 17.2. The Hall–Kier alpha value is -2.26. The quantitative estimate of drug-likeness (QED) is 0.214. The number of aliphatic hydroxyl groups is 5. The normalized spacial score (nSPS) is 45.9. The number of ether oxygens (including phenoxy) is 7. The second-order valence-corrected chi connectivity index (χ2v) is 20.5. The van der Waals surface area contributed by atoms with Crippen molar-refractivity contribution >= 4 is 11.9 Å². The SMILES string of the molecule is CC[C@H]1OC(=O)[C@H](C)[C@@H](O[C@H]2C[C@@](C)(OC)[C@@H](O)[C@H](C)O2)[C@H](C)[C@@H](O[C@@H]2O[C@H](C)C[C@H](N(C)CC3N=C(c4cccn4C)OC3C)[C@H]2O)[C@](C)(O)C[C@@H](C)CN(C)[C@H](C)[C@@H](O)[C@]1(C)O. The molecule has 0 spiro atoms. The van der Waals surface area contributed by atoms with E-state index in [9.17, 15) is 30.3 Å². The van der Waals surface area contributed by atoms with E-state index in [2.05, 4.69) is 4.90 Å². The number of esters is 1. The van der Waals surface area contributed by atoms with Gasteiger partial charge >= 0.3 is 5.97 Å². The highest BCUT2D eigenvalue weighted by molar-refractivity contribution is 5.94. The molecule has 0 bridgehead atoms. The van der Waals surface area contributed by atoms with Crippen molar-refractivity contribution in [1.29, 1.82) is 0 Å². The lowest BCUT2D eigenvalue weighted by Crippen LogP contribution is -2.61. The van der Waals surface area contributed by atoms with Gasteiger partial charge in [0.1, 0.15) is 47.9 Å². The number of rotatable bonds is 10. The van der Waals surface area contributed by atoms with E-state index >= 15 is 0 Å². The van der Waals surface area contributed by atoms with E-state index in [1.54, 1.807) is 41.5 Å².